The van der Waals surface area contributed by atoms with E-state index in [0.29, 0.717) is 0 Å². The molecule has 1 aliphatic heterocycles. The number of pyridine rings is 1. The van der Waals surface area contributed by atoms with Crippen molar-refractivity contribution in [3.8, 4) is 0 Å². The number of allylic oxidation sites excluding steroid dienone is 1. The second-order valence-electron chi connectivity index (χ2n) is 6.08. The molecule has 4 nitrogen and oxygen atoms in total. The first-order valence-electron chi connectivity index (χ1n) is 8.55. The van der Waals surface area contributed by atoms with Crippen LogP contribution in [0.15, 0.2) is 83.4 Å². The van der Waals surface area contributed by atoms with Gasteiger partial charge in [-0.3, -0.25) is 15.4 Å². The number of rotatable bonds is 4. The number of halogens is 1. The van der Waals surface area contributed by atoms with Crippen LogP contribution < -0.4 is 10.7 Å². The zero-order valence-electron chi connectivity index (χ0n) is 14.4. The van der Waals surface area contributed by atoms with Crippen LogP contribution in [0, 0.1) is 0 Å². The van der Waals surface area contributed by atoms with Crippen molar-refractivity contribution in [3.63, 3.8) is 0 Å². The number of hydrogen-bond acceptors (Lipinski definition) is 4. The zero-order chi connectivity index (χ0) is 17.9. The Bertz CT molecular complexity index is 1000. The Morgan fingerprint density at radius 2 is 2.00 bits per heavy atom. The van der Waals surface area contributed by atoms with E-state index in [1.54, 1.807) is 0 Å². The molecule has 2 N–H and O–H groups in total. The SMILES string of the molecule is CCN1C=C(Nc2cncc3ccccc23)C=C(c2cccc(Br)c2)N1. The first-order chi connectivity index (χ1) is 12.7. The van der Waals surface area contributed by atoms with Gasteiger partial charge in [-0.25, -0.2) is 0 Å². The fourth-order valence-electron chi connectivity index (χ4n) is 2.99. The third-order valence-corrected chi connectivity index (χ3v) is 4.78. The molecule has 4 rings (SSSR count). The molecule has 0 atom stereocenters. The van der Waals surface area contributed by atoms with Crippen LogP contribution in [-0.2, 0) is 0 Å². The summed E-state index contributed by atoms with van der Waals surface area (Å²) in [5.41, 5.74) is 7.62. The van der Waals surface area contributed by atoms with Gasteiger partial charge in [0, 0.05) is 39.8 Å². The summed E-state index contributed by atoms with van der Waals surface area (Å²) in [5, 5.41) is 7.87. The fraction of sp³-hybridized carbons (Fsp3) is 0.0952. The largest absolute Gasteiger partial charge is 0.352 e. The zero-order valence-corrected chi connectivity index (χ0v) is 16.0. The highest BCUT2D eigenvalue weighted by molar-refractivity contribution is 9.10. The molecule has 2 aromatic carbocycles. The van der Waals surface area contributed by atoms with Crippen LogP contribution in [0.3, 0.4) is 0 Å². The molecule has 0 radical (unpaired) electrons. The Morgan fingerprint density at radius 3 is 2.85 bits per heavy atom. The van der Waals surface area contributed by atoms with Crippen molar-refractivity contribution in [1.29, 1.82) is 0 Å². The minimum atomic E-state index is 0.851. The molecule has 26 heavy (non-hydrogen) atoms. The maximum atomic E-state index is 4.36. The van der Waals surface area contributed by atoms with Crippen molar-refractivity contribution >= 4 is 38.1 Å². The molecule has 0 unspecified atom stereocenters. The van der Waals surface area contributed by atoms with E-state index >= 15 is 0 Å². The van der Waals surface area contributed by atoms with Gasteiger partial charge in [0.25, 0.3) is 0 Å². The number of anilines is 1. The molecule has 0 saturated heterocycles. The number of hydrogen-bond donors (Lipinski definition) is 2. The molecular formula is C21H19BrN4. The maximum Gasteiger partial charge on any atom is 0.0650 e. The Hall–Kier alpha value is -2.79. The third kappa shape index (κ3) is 3.44. The lowest BCUT2D eigenvalue weighted by molar-refractivity contribution is 0.337. The number of fused-ring (bicyclic) bond motifs is 1. The molecule has 0 bridgehead atoms. The third-order valence-electron chi connectivity index (χ3n) is 4.28. The van der Waals surface area contributed by atoms with E-state index < -0.39 is 0 Å². The van der Waals surface area contributed by atoms with Crippen LogP contribution in [0.2, 0.25) is 0 Å². The lowest BCUT2D eigenvalue weighted by Gasteiger charge is -2.28. The van der Waals surface area contributed by atoms with Gasteiger partial charge in [0.15, 0.2) is 0 Å². The lowest BCUT2D eigenvalue weighted by Crippen LogP contribution is -2.35. The number of benzene rings is 2. The van der Waals surface area contributed by atoms with Gasteiger partial charge >= 0.3 is 0 Å². The normalized spacial score (nSPS) is 13.8. The monoisotopic (exact) mass is 406 g/mol. The van der Waals surface area contributed by atoms with E-state index in [0.717, 1.165) is 44.4 Å². The average Bonchev–Trinajstić information content (AvgIpc) is 2.68. The number of aromatic nitrogens is 1. The van der Waals surface area contributed by atoms with Crippen LogP contribution in [0.1, 0.15) is 12.5 Å². The van der Waals surface area contributed by atoms with Gasteiger partial charge < -0.3 is 5.32 Å². The molecule has 0 fully saturated rings. The summed E-state index contributed by atoms with van der Waals surface area (Å²) in [6.07, 6.45) is 7.95. The van der Waals surface area contributed by atoms with E-state index in [2.05, 4.69) is 80.1 Å². The second-order valence-corrected chi connectivity index (χ2v) is 7.00. The van der Waals surface area contributed by atoms with Crippen LogP contribution in [0.5, 0.6) is 0 Å². The highest BCUT2D eigenvalue weighted by Crippen LogP contribution is 2.26. The van der Waals surface area contributed by atoms with Crippen molar-refractivity contribution in [1.82, 2.24) is 15.4 Å². The molecule has 0 aliphatic carbocycles. The molecule has 130 valence electrons. The highest BCUT2D eigenvalue weighted by Gasteiger charge is 2.13. The van der Waals surface area contributed by atoms with Gasteiger partial charge in [-0.05, 0) is 25.1 Å². The standard InChI is InChI=1S/C21H19BrN4/c1-2-26-14-18(11-20(25-26)15-7-5-8-17(22)10-15)24-21-13-23-12-16-6-3-4-9-19(16)21/h3-14,24-25H,2H2,1H3. The fourth-order valence-corrected chi connectivity index (χ4v) is 3.39. The molecule has 5 heteroatoms. The number of nitrogens with one attached hydrogen (secondary N) is 2. The van der Waals surface area contributed by atoms with Crippen LogP contribution in [-0.4, -0.2) is 16.5 Å². The van der Waals surface area contributed by atoms with E-state index in [9.17, 15) is 0 Å². The van der Waals surface area contributed by atoms with Gasteiger partial charge in [-0.1, -0.05) is 52.3 Å². The summed E-state index contributed by atoms with van der Waals surface area (Å²) >= 11 is 3.55. The van der Waals surface area contributed by atoms with Crippen molar-refractivity contribution in [3.05, 3.63) is 88.9 Å². The molecule has 1 aliphatic rings. The Kier molecular flexibility index (Phi) is 4.63. The van der Waals surface area contributed by atoms with Crippen LogP contribution in [0.25, 0.3) is 16.5 Å². The first-order valence-corrected chi connectivity index (χ1v) is 9.35. The molecule has 0 amide bonds. The average molecular weight is 407 g/mol. The first kappa shape index (κ1) is 16.7. The number of hydrazine groups is 1. The van der Waals surface area contributed by atoms with Crippen molar-refractivity contribution in [2.75, 3.05) is 11.9 Å². The molecule has 1 aromatic heterocycles. The topological polar surface area (TPSA) is 40.2 Å². The highest BCUT2D eigenvalue weighted by atomic mass is 79.9. The Morgan fingerprint density at radius 1 is 1.12 bits per heavy atom. The Balaban J connectivity index is 1.70. The summed E-state index contributed by atoms with van der Waals surface area (Å²) in [4.78, 5) is 4.36. The summed E-state index contributed by atoms with van der Waals surface area (Å²) < 4.78 is 1.06. The number of nitrogens with zero attached hydrogens (tertiary/aromatic N) is 2. The molecular weight excluding hydrogens is 388 g/mol. The minimum Gasteiger partial charge on any atom is -0.352 e. The van der Waals surface area contributed by atoms with E-state index in [-0.39, 0.29) is 0 Å². The van der Waals surface area contributed by atoms with Gasteiger partial charge in [0.05, 0.1) is 23.3 Å². The van der Waals surface area contributed by atoms with Gasteiger partial charge in [0.2, 0.25) is 0 Å². The molecule has 3 aromatic rings. The van der Waals surface area contributed by atoms with Crippen LogP contribution >= 0.6 is 15.9 Å². The summed E-state index contributed by atoms with van der Waals surface area (Å²) in [6, 6.07) is 16.5. The summed E-state index contributed by atoms with van der Waals surface area (Å²) in [6.45, 7) is 2.97. The molecule has 0 saturated carbocycles. The van der Waals surface area contributed by atoms with Crippen molar-refractivity contribution in [2.45, 2.75) is 6.92 Å². The van der Waals surface area contributed by atoms with Gasteiger partial charge in [-0.15, -0.1) is 0 Å². The predicted molar refractivity (Wildman–Crippen MR) is 111 cm³/mol. The smallest absolute Gasteiger partial charge is 0.0650 e. The van der Waals surface area contributed by atoms with Gasteiger partial charge in [-0.2, -0.15) is 0 Å². The lowest BCUT2D eigenvalue weighted by atomic mass is 10.1. The van der Waals surface area contributed by atoms with E-state index in [4.69, 9.17) is 0 Å². The van der Waals surface area contributed by atoms with Crippen molar-refractivity contribution in [2.24, 2.45) is 0 Å². The molecule has 2 heterocycles. The minimum absolute atomic E-state index is 0.851. The second kappa shape index (κ2) is 7.22. The van der Waals surface area contributed by atoms with Crippen LogP contribution in [0.4, 0.5) is 5.69 Å². The summed E-state index contributed by atoms with van der Waals surface area (Å²) in [7, 11) is 0. The maximum absolute atomic E-state index is 4.36. The van der Waals surface area contributed by atoms with Crippen molar-refractivity contribution < 1.29 is 0 Å². The predicted octanol–water partition coefficient (Wildman–Crippen LogP) is 5.13. The van der Waals surface area contributed by atoms with Gasteiger partial charge in [0.1, 0.15) is 0 Å². The summed E-state index contributed by atoms with van der Waals surface area (Å²) in [5.74, 6) is 0. The van der Waals surface area contributed by atoms with E-state index in [1.165, 1.54) is 0 Å². The Labute approximate surface area is 161 Å². The molecule has 0 spiro atoms. The quantitative estimate of drug-likeness (QED) is 0.629. The van der Waals surface area contributed by atoms with E-state index in [1.807, 2.05) is 36.7 Å².